The summed E-state index contributed by atoms with van der Waals surface area (Å²) in [5.74, 6) is 0.690. The van der Waals surface area contributed by atoms with Gasteiger partial charge in [0.15, 0.2) is 17.6 Å². The first-order valence-electron chi connectivity index (χ1n) is 7.11. The Kier molecular flexibility index (Phi) is 3.38. The summed E-state index contributed by atoms with van der Waals surface area (Å²) in [6.45, 7) is 0.408. The van der Waals surface area contributed by atoms with Crippen molar-refractivity contribution >= 4 is 11.2 Å². The zero-order valence-corrected chi connectivity index (χ0v) is 12.2. The van der Waals surface area contributed by atoms with Gasteiger partial charge < -0.3 is 9.47 Å². The molecule has 1 aliphatic rings. The predicted molar refractivity (Wildman–Crippen MR) is 76.1 cm³/mol. The monoisotopic (exact) mass is 336 g/mol. The maximum Gasteiger partial charge on any atom is 0.435 e. The first-order valence-corrected chi connectivity index (χ1v) is 7.11. The van der Waals surface area contributed by atoms with Crippen molar-refractivity contribution in [1.29, 1.82) is 0 Å². The van der Waals surface area contributed by atoms with E-state index in [1.807, 2.05) is 24.3 Å². The fourth-order valence-electron chi connectivity index (χ4n) is 2.59. The molecule has 3 aromatic rings. The summed E-state index contributed by atoms with van der Waals surface area (Å²) >= 11 is 0. The van der Waals surface area contributed by atoms with Gasteiger partial charge in [0.25, 0.3) is 0 Å². The molecule has 0 N–H and O–H groups in total. The van der Waals surface area contributed by atoms with Gasteiger partial charge in [-0.15, -0.1) is 0 Å². The Labute approximate surface area is 133 Å². The van der Waals surface area contributed by atoms with Gasteiger partial charge in [-0.1, -0.05) is 18.2 Å². The fourth-order valence-corrected chi connectivity index (χ4v) is 2.59. The topological polar surface area (TPSA) is 62.1 Å². The van der Waals surface area contributed by atoms with Crippen LogP contribution in [0.5, 0.6) is 5.75 Å². The number of aromatic nitrogens is 4. The van der Waals surface area contributed by atoms with E-state index in [4.69, 9.17) is 9.47 Å². The molecule has 0 fully saturated rings. The second-order valence-corrected chi connectivity index (χ2v) is 5.23. The Morgan fingerprint density at radius 2 is 1.96 bits per heavy atom. The van der Waals surface area contributed by atoms with Crippen LogP contribution in [0.3, 0.4) is 0 Å². The quantitative estimate of drug-likeness (QED) is 0.684. The molecule has 1 aromatic carbocycles. The number of halogens is 3. The van der Waals surface area contributed by atoms with E-state index >= 15 is 0 Å². The van der Waals surface area contributed by atoms with E-state index < -0.39 is 18.1 Å². The van der Waals surface area contributed by atoms with Crippen LogP contribution in [0.4, 0.5) is 13.2 Å². The zero-order valence-electron chi connectivity index (χ0n) is 12.2. The molecule has 0 aliphatic carbocycles. The summed E-state index contributed by atoms with van der Waals surface area (Å²) in [7, 11) is 0. The molecule has 9 heteroatoms. The van der Waals surface area contributed by atoms with Gasteiger partial charge in [0.05, 0.1) is 12.9 Å². The largest absolute Gasteiger partial charge is 0.488 e. The molecule has 0 bridgehead atoms. The SMILES string of the molecule is FC(F)(F)c1ncnc2c1ncn2C1COc2ccccc2CO1. The molecule has 124 valence electrons. The Bertz CT molecular complexity index is 867. The molecule has 24 heavy (non-hydrogen) atoms. The number of fused-ring (bicyclic) bond motifs is 2. The van der Waals surface area contributed by atoms with E-state index in [9.17, 15) is 13.2 Å². The van der Waals surface area contributed by atoms with Crippen LogP contribution in [-0.2, 0) is 17.5 Å². The number of para-hydroxylation sites is 1. The number of hydrogen-bond acceptors (Lipinski definition) is 5. The van der Waals surface area contributed by atoms with Gasteiger partial charge >= 0.3 is 6.18 Å². The summed E-state index contributed by atoms with van der Waals surface area (Å²) in [6.07, 6.45) is -3.11. The Balaban J connectivity index is 1.71. The van der Waals surface area contributed by atoms with Crippen LogP contribution in [0.15, 0.2) is 36.9 Å². The average molecular weight is 336 g/mol. The minimum atomic E-state index is -4.60. The number of benzene rings is 1. The smallest absolute Gasteiger partial charge is 0.435 e. The van der Waals surface area contributed by atoms with Crippen molar-refractivity contribution in [2.24, 2.45) is 0 Å². The van der Waals surface area contributed by atoms with Crippen LogP contribution in [0, 0.1) is 0 Å². The van der Waals surface area contributed by atoms with Crippen molar-refractivity contribution in [3.05, 3.63) is 48.2 Å². The molecule has 2 aromatic heterocycles. The number of rotatable bonds is 1. The van der Waals surface area contributed by atoms with E-state index in [2.05, 4.69) is 15.0 Å². The molecule has 0 spiro atoms. The highest BCUT2D eigenvalue weighted by Gasteiger charge is 2.36. The van der Waals surface area contributed by atoms with Crippen molar-refractivity contribution < 1.29 is 22.6 Å². The van der Waals surface area contributed by atoms with Gasteiger partial charge in [0.2, 0.25) is 0 Å². The molecule has 0 radical (unpaired) electrons. The zero-order chi connectivity index (χ0) is 16.7. The molecule has 1 unspecified atom stereocenters. The van der Waals surface area contributed by atoms with Gasteiger partial charge in [0.1, 0.15) is 24.2 Å². The molecule has 4 rings (SSSR count). The third-order valence-corrected chi connectivity index (χ3v) is 3.72. The van der Waals surface area contributed by atoms with Crippen molar-refractivity contribution in [1.82, 2.24) is 19.5 Å². The predicted octanol–water partition coefficient (Wildman–Crippen LogP) is 2.95. The number of alkyl halides is 3. The second kappa shape index (κ2) is 5.45. The number of hydrogen-bond donors (Lipinski definition) is 0. The average Bonchev–Trinajstić information content (AvgIpc) is 2.87. The van der Waals surface area contributed by atoms with Gasteiger partial charge in [-0.3, -0.25) is 4.57 Å². The molecule has 1 aliphatic heterocycles. The van der Waals surface area contributed by atoms with Crippen LogP contribution in [0.1, 0.15) is 17.5 Å². The number of ether oxygens (including phenoxy) is 2. The number of imidazole rings is 1. The standard InChI is InChI=1S/C15H11F3N4O2/c16-15(17,18)13-12-14(20-7-19-13)22(8-21-12)11-6-23-10-4-2-1-3-9(10)5-24-11/h1-4,7-8,11H,5-6H2. The third kappa shape index (κ3) is 2.46. The van der Waals surface area contributed by atoms with Crippen LogP contribution in [0.25, 0.3) is 11.2 Å². The van der Waals surface area contributed by atoms with Crippen LogP contribution in [0.2, 0.25) is 0 Å². The summed E-state index contributed by atoms with van der Waals surface area (Å²) < 4.78 is 51.9. The lowest BCUT2D eigenvalue weighted by Gasteiger charge is -2.16. The first-order chi connectivity index (χ1) is 11.5. The maximum atomic E-state index is 13.0. The molecule has 1 atom stereocenters. The summed E-state index contributed by atoms with van der Waals surface area (Å²) in [5.41, 5.74) is -0.452. The first kappa shape index (κ1) is 14.9. The third-order valence-electron chi connectivity index (χ3n) is 3.72. The van der Waals surface area contributed by atoms with Gasteiger partial charge in [-0.05, 0) is 6.07 Å². The van der Waals surface area contributed by atoms with Crippen LogP contribution in [-0.4, -0.2) is 26.1 Å². The van der Waals surface area contributed by atoms with E-state index in [0.29, 0.717) is 5.75 Å². The highest BCUT2D eigenvalue weighted by atomic mass is 19.4. The Hall–Kier alpha value is -2.68. The molecule has 3 heterocycles. The van der Waals surface area contributed by atoms with Crippen LogP contribution >= 0.6 is 0 Å². The van der Waals surface area contributed by atoms with Crippen molar-refractivity contribution in [2.45, 2.75) is 19.0 Å². The van der Waals surface area contributed by atoms with E-state index in [-0.39, 0.29) is 24.4 Å². The molecule has 6 nitrogen and oxygen atoms in total. The van der Waals surface area contributed by atoms with E-state index in [0.717, 1.165) is 11.9 Å². The van der Waals surface area contributed by atoms with Gasteiger partial charge in [-0.25, -0.2) is 15.0 Å². The summed E-state index contributed by atoms with van der Waals surface area (Å²) in [4.78, 5) is 11.1. The summed E-state index contributed by atoms with van der Waals surface area (Å²) in [6, 6.07) is 7.39. The second-order valence-electron chi connectivity index (χ2n) is 5.23. The molecule has 0 saturated carbocycles. The van der Waals surface area contributed by atoms with Crippen molar-refractivity contribution in [3.8, 4) is 5.75 Å². The lowest BCUT2D eigenvalue weighted by Crippen LogP contribution is -2.18. The highest BCUT2D eigenvalue weighted by molar-refractivity contribution is 5.73. The Morgan fingerprint density at radius 1 is 1.12 bits per heavy atom. The normalized spacial score (nSPS) is 18.0. The minimum Gasteiger partial charge on any atom is -0.488 e. The van der Waals surface area contributed by atoms with Crippen molar-refractivity contribution in [3.63, 3.8) is 0 Å². The molecule has 0 saturated heterocycles. The van der Waals surface area contributed by atoms with Crippen LogP contribution < -0.4 is 4.74 Å². The molecular formula is C15H11F3N4O2. The fraction of sp³-hybridized carbons (Fsp3) is 0.267. The van der Waals surface area contributed by atoms with E-state index in [1.165, 1.54) is 10.9 Å². The lowest BCUT2D eigenvalue weighted by atomic mass is 10.2. The van der Waals surface area contributed by atoms with E-state index in [1.54, 1.807) is 0 Å². The van der Waals surface area contributed by atoms with Crippen molar-refractivity contribution in [2.75, 3.05) is 6.61 Å². The van der Waals surface area contributed by atoms with Gasteiger partial charge in [0, 0.05) is 5.56 Å². The van der Waals surface area contributed by atoms with Gasteiger partial charge in [-0.2, -0.15) is 13.2 Å². The highest BCUT2D eigenvalue weighted by Crippen LogP contribution is 2.33. The lowest BCUT2D eigenvalue weighted by molar-refractivity contribution is -0.140. The number of nitrogens with zero attached hydrogens (tertiary/aromatic N) is 4. The summed E-state index contributed by atoms with van der Waals surface area (Å²) in [5, 5.41) is 0. The maximum absolute atomic E-state index is 13.0. The molecule has 0 amide bonds. The molecular weight excluding hydrogens is 325 g/mol. The Morgan fingerprint density at radius 3 is 2.79 bits per heavy atom. The minimum absolute atomic E-state index is 0.0527.